The summed E-state index contributed by atoms with van der Waals surface area (Å²) in [7, 11) is 0. The zero-order chi connectivity index (χ0) is 23.5. The predicted octanol–water partition coefficient (Wildman–Crippen LogP) is 6.11. The molecular formula is C29H30ClN3O. The number of nitrogens with one attached hydrogen (secondary N) is 1. The fraction of sp³-hybridized carbons (Fsp3) is 0.276. The van der Waals surface area contributed by atoms with Crippen molar-refractivity contribution in [3.05, 3.63) is 106 Å². The number of halogens is 1. The van der Waals surface area contributed by atoms with Crippen LogP contribution in [0.15, 0.2) is 79.0 Å². The third-order valence-corrected chi connectivity index (χ3v) is 7.13. The Kier molecular flexibility index (Phi) is 6.82. The molecule has 34 heavy (non-hydrogen) atoms. The molecule has 1 N–H and O–H groups in total. The van der Waals surface area contributed by atoms with Crippen molar-refractivity contribution < 1.29 is 4.79 Å². The number of aromatic amines is 1. The van der Waals surface area contributed by atoms with Gasteiger partial charge >= 0.3 is 0 Å². The number of benzene rings is 3. The van der Waals surface area contributed by atoms with Gasteiger partial charge in [0.15, 0.2) is 5.78 Å². The Labute approximate surface area is 206 Å². The number of H-pyrrole nitrogens is 1. The number of Topliss-reactive ketones (excluding diaryl/α,β-unsaturated/α-hetero) is 1. The Balaban J connectivity index is 1.23. The molecule has 1 fully saturated rings. The lowest BCUT2D eigenvalue weighted by Gasteiger charge is -2.39. The van der Waals surface area contributed by atoms with Crippen LogP contribution < -0.4 is 0 Å². The minimum atomic E-state index is 0.168. The highest BCUT2D eigenvalue weighted by Gasteiger charge is 2.26. The van der Waals surface area contributed by atoms with E-state index in [1.807, 2.05) is 25.3 Å². The summed E-state index contributed by atoms with van der Waals surface area (Å²) in [4.78, 5) is 21.3. The quantitative estimate of drug-likeness (QED) is 0.330. The van der Waals surface area contributed by atoms with Gasteiger partial charge in [0.2, 0.25) is 0 Å². The van der Waals surface area contributed by atoms with Crippen LogP contribution in [0.5, 0.6) is 0 Å². The van der Waals surface area contributed by atoms with Crippen molar-refractivity contribution in [3.63, 3.8) is 0 Å². The molecule has 0 atom stereocenters. The van der Waals surface area contributed by atoms with E-state index >= 15 is 0 Å². The highest BCUT2D eigenvalue weighted by molar-refractivity contribution is 6.31. The first-order valence-corrected chi connectivity index (χ1v) is 12.3. The van der Waals surface area contributed by atoms with E-state index in [1.165, 1.54) is 11.1 Å². The second-order valence-corrected chi connectivity index (χ2v) is 9.56. The van der Waals surface area contributed by atoms with Crippen LogP contribution in [0.25, 0.3) is 10.9 Å². The normalized spacial score (nSPS) is 15.3. The number of fused-ring (bicyclic) bond motifs is 1. The molecule has 0 unspecified atom stereocenters. The zero-order valence-corrected chi connectivity index (χ0v) is 20.3. The smallest absolute Gasteiger partial charge is 0.166 e. The Bertz CT molecular complexity index is 1220. The lowest BCUT2D eigenvalue weighted by atomic mass is 9.96. The molecule has 0 amide bonds. The number of aryl methyl sites for hydroxylation is 1. The number of ketones is 1. The third-order valence-electron chi connectivity index (χ3n) is 6.91. The van der Waals surface area contributed by atoms with Crippen LogP contribution in [0.1, 0.15) is 39.5 Å². The fourth-order valence-electron chi connectivity index (χ4n) is 5.12. The number of hydrogen-bond donors (Lipinski definition) is 1. The molecule has 0 radical (unpaired) electrons. The van der Waals surface area contributed by atoms with E-state index in [-0.39, 0.29) is 11.8 Å². The first-order valence-electron chi connectivity index (χ1n) is 12.0. The molecule has 4 aromatic rings. The Hall–Kier alpha value is -2.92. The van der Waals surface area contributed by atoms with Gasteiger partial charge in [0.1, 0.15) is 0 Å². The average molecular weight is 472 g/mol. The van der Waals surface area contributed by atoms with E-state index in [9.17, 15) is 4.79 Å². The predicted molar refractivity (Wildman–Crippen MR) is 140 cm³/mol. The van der Waals surface area contributed by atoms with E-state index in [0.717, 1.165) is 54.8 Å². The maximum Gasteiger partial charge on any atom is 0.166 e. The summed E-state index contributed by atoms with van der Waals surface area (Å²) in [6, 6.07) is 25.6. The molecule has 0 spiro atoms. The molecular weight excluding hydrogens is 442 g/mol. The van der Waals surface area contributed by atoms with Crippen molar-refractivity contribution in [1.82, 2.24) is 14.8 Å². The Morgan fingerprint density at radius 1 is 0.941 bits per heavy atom. The summed E-state index contributed by atoms with van der Waals surface area (Å²) >= 11 is 6.25. The molecule has 1 aliphatic heterocycles. The van der Waals surface area contributed by atoms with E-state index in [2.05, 4.69) is 75.4 Å². The maximum absolute atomic E-state index is 13.0. The lowest BCUT2D eigenvalue weighted by Crippen LogP contribution is -2.48. The number of hydrogen-bond acceptors (Lipinski definition) is 3. The van der Waals surface area contributed by atoms with Crippen LogP contribution >= 0.6 is 11.6 Å². The van der Waals surface area contributed by atoms with Gasteiger partial charge in [-0.3, -0.25) is 9.69 Å². The SMILES string of the molecule is Cc1cc(Cl)cc2c(C(=O)CCN3CCN(C(c4ccccc4)c4ccccc4)CC3)c[nH]c12. The number of piperazine rings is 1. The monoisotopic (exact) mass is 471 g/mol. The molecule has 0 saturated carbocycles. The summed E-state index contributed by atoms with van der Waals surface area (Å²) < 4.78 is 0. The standard InChI is InChI=1S/C29H30ClN3O/c1-21-18-24(30)19-25-26(20-31-28(21)25)27(34)12-13-32-14-16-33(17-15-32)29(22-8-4-2-5-9-22)23-10-6-3-7-11-23/h2-11,18-20,29,31H,12-17H2,1H3. The van der Waals surface area contributed by atoms with Crippen molar-refractivity contribution >= 4 is 28.3 Å². The number of aromatic nitrogens is 1. The van der Waals surface area contributed by atoms with E-state index in [0.29, 0.717) is 11.4 Å². The topological polar surface area (TPSA) is 39.3 Å². The number of carbonyl (C=O) groups is 1. The molecule has 0 bridgehead atoms. The van der Waals surface area contributed by atoms with Crippen LogP contribution in [-0.4, -0.2) is 53.3 Å². The van der Waals surface area contributed by atoms with Gasteiger partial charge in [0.25, 0.3) is 0 Å². The van der Waals surface area contributed by atoms with Crippen LogP contribution in [0, 0.1) is 6.92 Å². The minimum absolute atomic E-state index is 0.168. The number of rotatable bonds is 7. The van der Waals surface area contributed by atoms with Gasteiger partial charge < -0.3 is 9.88 Å². The molecule has 2 heterocycles. The minimum Gasteiger partial charge on any atom is -0.360 e. The molecule has 1 saturated heterocycles. The summed E-state index contributed by atoms with van der Waals surface area (Å²) in [5.74, 6) is 0.168. The van der Waals surface area contributed by atoms with Gasteiger partial charge in [-0.15, -0.1) is 0 Å². The van der Waals surface area contributed by atoms with E-state index in [4.69, 9.17) is 11.6 Å². The van der Waals surface area contributed by atoms with Crippen molar-refractivity contribution in [2.75, 3.05) is 32.7 Å². The van der Waals surface area contributed by atoms with Gasteiger partial charge in [0, 0.05) is 66.8 Å². The number of nitrogens with zero attached hydrogens (tertiary/aromatic N) is 2. The summed E-state index contributed by atoms with van der Waals surface area (Å²) in [5, 5.41) is 1.59. The first-order chi connectivity index (χ1) is 16.6. The average Bonchev–Trinajstić information content (AvgIpc) is 3.29. The van der Waals surface area contributed by atoms with Gasteiger partial charge in [-0.05, 0) is 35.7 Å². The molecule has 4 nitrogen and oxygen atoms in total. The van der Waals surface area contributed by atoms with Crippen molar-refractivity contribution in [2.24, 2.45) is 0 Å². The van der Waals surface area contributed by atoms with Gasteiger partial charge in [-0.25, -0.2) is 0 Å². The fourth-order valence-corrected chi connectivity index (χ4v) is 5.40. The summed E-state index contributed by atoms with van der Waals surface area (Å²) in [6.07, 6.45) is 2.35. The summed E-state index contributed by atoms with van der Waals surface area (Å²) in [5.41, 5.74) is 5.45. The highest BCUT2D eigenvalue weighted by Crippen LogP contribution is 2.30. The number of carbonyl (C=O) groups excluding carboxylic acids is 1. The molecule has 1 aliphatic rings. The Morgan fingerprint density at radius 3 is 2.18 bits per heavy atom. The van der Waals surface area contributed by atoms with Crippen LogP contribution in [0.3, 0.4) is 0 Å². The molecule has 3 aromatic carbocycles. The van der Waals surface area contributed by atoms with E-state index < -0.39 is 0 Å². The highest BCUT2D eigenvalue weighted by atomic mass is 35.5. The molecule has 5 rings (SSSR count). The van der Waals surface area contributed by atoms with Crippen LogP contribution in [-0.2, 0) is 0 Å². The van der Waals surface area contributed by atoms with Gasteiger partial charge in [0.05, 0.1) is 6.04 Å². The molecule has 1 aromatic heterocycles. The van der Waals surface area contributed by atoms with Gasteiger partial charge in [-0.2, -0.15) is 0 Å². The van der Waals surface area contributed by atoms with Gasteiger partial charge in [-0.1, -0.05) is 72.3 Å². The largest absolute Gasteiger partial charge is 0.360 e. The molecule has 5 heteroatoms. The van der Waals surface area contributed by atoms with Crippen LogP contribution in [0.4, 0.5) is 0 Å². The van der Waals surface area contributed by atoms with Crippen molar-refractivity contribution in [1.29, 1.82) is 0 Å². The lowest BCUT2D eigenvalue weighted by molar-refractivity contribution is 0.0894. The van der Waals surface area contributed by atoms with E-state index in [1.54, 1.807) is 0 Å². The van der Waals surface area contributed by atoms with Crippen molar-refractivity contribution in [3.8, 4) is 0 Å². The molecule has 174 valence electrons. The zero-order valence-electron chi connectivity index (χ0n) is 19.5. The maximum atomic E-state index is 13.0. The third kappa shape index (κ3) is 4.80. The second-order valence-electron chi connectivity index (χ2n) is 9.12. The van der Waals surface area contributed by atoms with Crippen LogP contribution in [0.2, 0.25) is 5.02 Å². The molecule has 0 aliphatic carbocycles. The second kappa shape index (κ2) is 10.1. The Morgan fingerprint density at radius 2 is 1.56 bits per heavy atom. The van der Waals surface area contributed by atoms with Crippen molar-refractivity contribution in [2.45, 2.75) is 19.4 Å². The first kappa shape index (κ1) is 22.9. The summed E-state index contributed by atoms with van der Waals surface area (Å²) in [6.45, 7) is 6.66.